The van der Waals surface area contributed by atoms with E-state index >= 15 is 0 Å². The molecule has 0 N–H and O–H groups in total. The van der Waals surface area contributed by atoms with Gasteiger partial charge in [-0.05, 0) is 28.1 Å². The van der Waals surface area contributed by atoms with Gasteiger partial charge in [-0.25, -0.2) is 13.1 Å². The molecule has 8 heteroatoms. The number of benzene rings is 1. The molecule has 1 aromatic heterocycles. The monoisotopic (exact) mass is 331 g/mol. The first-order chi connectivity index (χ1) is 8.52. The minimum atomic E-state index is -2.89. The highest BCUT2D eigenvalue weighted by Gasteiger charge is 2.37. The van der Waals surface area contributed by atoms with Gasteiger partial charge in [-0.2, -0.15) is 0 Å². The SMILES string of the molecule is COc1ccc(Br)c2c1nnn2C1CS(=O)(=O)C1. The van der Waals surface area contributed by atoms with Crippen molar-refractivity contribution in [1.82, 2.24) is 15.0 Å². The first kappa shape index (κ1) is 11.9. The molecule has 6 nitrogen and oxygen atoms in total. The Hall–Kier alpha value is -1.15. The maximum Gasteiger partial charge on any atom is 0.156 e. The number of sulfone groups is 1. The lowest BCUT2D eigenvalue weighted by Crippen LogP contribution is -2.38. The van der Waals surface area contributed by atoms with Gasteiger partial charge >= 0.3 is 0 Å². The molecular weight excluding hydrogens is 322 g/mol. The largest absolute Gasteiger partial charge is 0.494 e. The summed E-state index contributed by atoms with van der Waals surface area (Å²) in [6.07, 6.45) is 0. The number of hydrogen-bond acceptors (Lipinski definition) is 5. The van der Waals surface area contributed by atoms with E-state index in [4.69, 9.17) is 4.74 Å². The van der Waals surface area contributed by atoms with Crippen LogP contribution in [0.25, 0.3) is 11.0 Å². The van der Waals surface area contributed by atoms with Gasteiger partial charge in [-0.3, -0.25) is 0 Å². The summed E-state index contributed by atoms with van der Waals surface area (Å²) in [6.45, 7) is 0. The van der Waals surface area contributed by atoms with E-state index in [1.165, 1.54) is 0 Å². The van der Waals surface area contributed by atoms with E-state index < -0.39 is 9.84 Å². The number of halogens is 1. The number of nitrogens with zero attached hydrogens (tertiary/aromatic N) is 3. The predicted molar refractivity (Wildman–Crippen MR) is 69.5 cm³/mol. The van der Waals surface area contributed by atoms with Gasteiger partial charge in [0.15, 0.2) is 15.4 Å². The fraction of sp³-hybridized carbons (Fsp3) is 0.400. The standard InChI is InChI=1S/C10H10BrN3O3S/c1-17-8-3-2-7(11)10-9(8)12-13-14(10)6-4-18(15,16)5-6/h2-3,6H,4-5H2,1H3. The first-order valence-corrected chi connectivity index (χ1v) is 7.91. The summed E-state index contributed by atoms with van der Waals surface area (Å²) in [5.74, 6) is 0.867. The number of fused-ring (bicyclic) bond motifs is 1. The Labute approximate surface area is 112 Å². The minimum absolute atomic E-state index is 0.120. The third kappa shape index (κ3) is 1.71. The van der Waals surface area contributed by atoms with Gasteiger partial charge in [0.1, 0.15) is 11.3 Å². The lowest BCUT2D eigenvalue weighted by Gasteiger charge is -2.26. The van der Waals surface area contributed by atoms with Crippen LogP contribution in [0.15, 0.2) is 16.6 Å². The van der Waals surface area contributed by atoms with Crippen molar-refractivity contribution in [3.05, 3.63) is 16.6 Å². The van der Waals surface area contributed by atoms with Gasteiger partial charge in [0.2, 0.25) is 0 Å². The van der Waals surface area contributed by atoms with Crippen LogP contribution in [0.4, 0.5) is 0 Å². The molecule has 18 heavy (non-hydrogen) atoms. The predicted octanol–water partition coefficient (Wildman–Crippen LogP) is 1.17. The van der Waals surface area contributed by atoms with E-state index in [0.29, 0.717) is 11.3 Å². The number of hydrogen-bond donors (Lipinski definition) is 0. The molecule has 2 heterocycles. The second-order valence-corrected chi connectivity index (χ2v) is 7.22. The summed E-state index contributed by atoms with van der Waals surface area (Å²) in [5.41, 5.74) is 1.41. The van der Waals surface area contributed by atoms with Crippen LogP contribution in [0, 0.1) is 0 Å². The zero-order chi connectivity index (χ0) is 12.9. The molecule has 0 atom stereocenters. The normalized spacial score (nSPS) is 18.8. The molecule has 0 radical (unpaired) electrons. The summed E-state index contributed by atoms with van der Waals surface area (Å²) in [5, 5.41) is 8.11. The maximum absolute atomic E-state index is 11.2. The van der Waals surface area contributed by atoms with Crippen LogP contribution in [0.1, 0.15) is 6.04 Å². The fourth-order valence-corrected chi connectivity index (χ4v) is 3.95. The number of rotatable bonds is 2. The summed E-state index contributed by atoms with van der Waals surface area (Å²) in [7, 11) is -1.32. The van der Waals surface area contributed by atoms with E-state index in [1.807, 2.05) is 6.07 Å². The summed E-state index contributed by atoms with van der Waals surface area (Å²) >= 11 is 3.43. The Bertz CT molecular complexity index is 713. The van der Waals surface area contributed by atoms with Crippen molar-refractivity contribution in [1.29, 1.82) is 0 Å². The van der Waals surface area contributed by atoms with Crippen LogP contribution < -0.4 is 4.74 Å². The van der Waals surface area contributed by atoms with Gasteiger partial charge in [0.05, 0.1) is 24.7 Å². The Morgan fingerprint density at radius 3 is 2.78 bits per heavy atom. The second-order valence-electron chi connectivity index (χ2n) is 4.21. The second kappa shape index (κ2) is 3.92. The molecule has 2 aromatic rings. The van der Waals surface area contributed by atoms with Crippen LogP contribution in [-0.4, -0.2) is 42.0 Å². The highest BCUT2D eigenvalue weighted by molar-refractivity contribution is 9.10. The lowest BCUT2D eigenvalue weighted by molar-refractivity contribution is 0.418. The van der Waals surface area contributed by atoms with Crippen LogP contribution in [0.3, 0.4) is 0 Å². The smallest absolute Gasteiger partial charge is 0.156 e. The van der Waals surface area contributed by atoms with Gasteiger partial charge < -0.3 is 4.74 Å². The molecule has 96 valence electrons. The van der Waals surface area contributed by atoms with E-state index in [9.17, 15) is 8.42 Å². The molecule has 0 amide bonds. The van der Waals surface area contributed by atoms with E-state index in [1.54, 1.807) is 17.9 Å². The number of methoxy groups -OCH3 is 1. The molecule has 1 aliphatic rings. The average Bonchev–Trinajstić information content (AvgIpc) is 2.71. The van der Waals surface area contributed by atoms with Crippen molar-refractivity contribution in [3.63, 3.8) is 0 Å². The Morgan fingerprint density at radius 2 is 2.17 bits per heavy atom. The topological polar surface area (TPSA) is 74.1 Å². The average molecular weight is 332 g/mol. The van der Waals surface area contributed by atoms with Crippen molar-refractivity contribution in [3.8, 4) is 5.75 Å². The minimum Gasteiger partial charge on any atom is -0.494 e. The number of aromatic nitrogens is 3. The van der Waals surface area contributed by atoms with Gasteiger partial charge in [-0.15, -0.1) is 5.10 Å². The highest BCUT2D eigenvalue weighted by atomic mass is 79.9. The van der Waals surface area contributed by atoms with Crippen LogP contribution >= 0.6 is 15.9 Å². The fourth-order valence-electron chi connectivity index (χ4n) is 2.09. The Kier molecular flexibility index (Phi) is 2.60. The Balaban J connectivity index is 2.15. The zero-order valence-electron chi connectivity index (χ0n) is 9.50. The van der Waals surface area contributed by atoms with Gasteiger partial charge in [-0.1, -0.05) is 5.21 Å². The van der Waals surface area contributed by atoms with Crippen molar-refractivity contribution in [2.45, 2.75) is 6.04 Å². The van der Waals surface area contributed by atoms with Crippen molar-refractivity contribution in [2.24, 2.45) is 0 Å². The van der Waals surface area contributed by atoms with Crippen molar-refractivity contribution < 1.29 is 13.2 Å². The molecule has 1 aliphatic heterocycles. The van der Waals surface area contributed by atoms with Gasteiger partial charge in [0, 0.05) is 4.47 Å². The van der Waals surface area contributed by atoms with Crippen LogP contribution in [0.2, 0.25) is 0 Å². The zero-order valence-corrected chi connectivity index (χ0v) is 11.9. The van der Waals surface area contributed by atoms with E-state index in [0.717, 1.165) is 9.99 Å². The van der Waals surface area contributed by atoms with Crippen molar-refractivity contribution >= 4 is 36.8 Å². The lowest BCUT2D eigenvalue weighted by atomic mass is 10.2. The summed E-state index contributed by atoms with van der Waals surface area (Å²) < 4.78 is 30.2. The molecule has 0 saturated carbocycles. The molecular formula is C10H10BrN3O3S. The number of ether oxygens (including phenoxy) is 1. The molecule has 1 fully saturated rings. The van der Waals surface area contributed by atoms with E-state index in [2.05, 4.69) is 26.2 Å². The quantitative estimate of drug-likeness (QED) is 0.825. The van der Waals surface area contributed by atoms with E-state index in [-0.39, 0.29) is 17.5 Å². The highest BCUT2D eigenvalue weighted by Crippen LogP contribution is 2.34. The Morgan fingerprint density at radius 1 is 1.44 bits per heavy atom. The molecule has 0 bridgehead atoms. The maximum atomic E-state index is 11.2. The molecule has 0 aliphatic carbocycles. The molecule has 0 spiro atoms. The first-order valence-electron chi connectivity index (χ1n) is 5.29. The van der Waals surface area contributed by atoms with Crippen LogP contribution in [0.5, 0.6) is 5.75 Å². The van der Waals surface area contributed by atoms with Crippen molar-refractivity contribution in [2.75, 3.05) is 18.6 Å². The molecule has 1 saturated heterocycles. The third-order valence-electron chi connectivity index (χ3n) is 2.99. The van der Waals surface area contributed by atoms with Gasteiger partial charge in [0.25, 0.3) is 0 Å². The molecule has 0 unspecified atom stereocenters. The summed E-state index contributed by atoms with van der Waals surface area (Å²) in [4.78, 5) is 0. The van der Waals surface area contributed by atoms with Crippen LogP contribution in [-0.2, 0) is 9.84 Å². The molecule has 1 aromatic carbocycles. The third-order valence-corrected chi connectivity index (χ3v) is 5.42. The summed E-state index contributed by atoms with van der Waals surface area (Å²) in [6, 6.07) is 3.50. The molecule has 3 rings (SSSR count).